The van der Waals surface area contributed by atoms with Crippen LogP contribution in [0.25, 0.3) is 0 Å². The van der Waals surface area contributed by atoms with Crippen molar-refractivity contribution in [1.82, 2.24) is 0 Å². The number of phenolic OH excluding ortho intramolecular Hbond substituents is 1. The van der Waals surface area contributed by atoms with Gasteiger partial charge in [-0.1, -0.05) is 36.4 Å². The van der Waals surface area contributed by atoms with Gasteiger partial charge in [0.2, 0.25) is 0 Å². The summed E-state index contributed by atoms with van der Waals surface area (Å²) in [5.74, 6) is 0.214. The van der Waals surface area contributed by atoms with Crippen LogP contribution in [0.15, 0.2) is 72.8 Å². The molecule has 0 aliphatic rings. The van der Waals surface area contributed by atoms with Gasteiger partial charge in [0, 0.05) is 17.3 Å². The number of rotatable bonds is 6. The molecule has 0 aromatic heterocycles. The maximum atomic E-state index is 12.1. The number of nitrogens with one attached hydrogen (secondary N) is 2. The number of ether oxygens (including phenoxy) is 2. The van der Waals surface area contributed by atoms with Crippen LogP contribution >= 0.6 is 0 Å². The summed E-state index contributed by atoms with van der Waals surface area (Å²) in [7, 11) is 0. The molecule has 3 rings (SSSR count). The van der Waals surface area contributed by atoms with Gasteiger partial charge in [-0.15, -0.1) is 0 Å². The van der Waals surface area contributed by atoms with Gasteiger partial charge in [-0.3, -0.25) is 10.6 Å². The smallest absolute Gasteiger partial charge is 0.412 e. The van der Waals surface area contributed by atoms with Crippen molar-refractivity contribution in [2.24, 2.45) is 0 Å². The fourth-order valence-corrected chi connectivity index (χ4v) is 3.74. The van der Waals surface area contributed by atoms with Crippen LogP contribution in [0.3, 0.4) is 0 Å². The summed E-state index contributed by atoms with van der Waals surface area (Å²) in [6, 6.07) is 22.5. The molecule has 7 nitrogen and oxygen atoms in total. The molecule has 7 heteroatoms. The summed E-state index contributed by atoms with van der Waals surface area (Å²) in [6.07, 6.45) is -0.319. The quantitative estimate of drug-likeness (QED) is 0.324. The van der Waals surface area contributed by atoms with E-state index in [-0.39, 0.29) is 11.7 Å². The number of aromatic hydroxyl groups is 1. The Kier molecular flexibility index (Phi) is 8.48. The summed E-state index contributed by atoms with van der Waals surface area (Å²) in [4.78, 5) is 24.3. The Labute approximate surface area is 218 Å². The number of hydrogen-bond donors (Lipinski definition) is 3. The third-order valence-electron chi connectivity index (χ3n) is 5.29. The summed E-state index contributed by atoms with van der Waals surface area (Å²) in [6.45, 7) is 10.9. The Bertz CT molecular complexity index is 1120. The van der Waals surface area contributed by atoms with Gasteiger partial charge in [0.1, 0.15) is 17.0 Å². The lowest BCUT2D eigenvalue weighted by molar-refractivity contribution is 0.0624. The topological polar surface area (TPSA) is 96.9 Å². The molecule has 2 amide bonds. The Hall–Kier alpha value is -4.00. The summed E-state index contributed by atoms with van der Waals surface area (Å²) in [5.41, 5.74) is 3.28. The normalized spacial score (nSPS) is 11.6. The van der Waals surface area contributed by atoms with Gasteiger partial charge in [0.05, 0.1) is 0 Å². The third-order valence-corrected chi connectivity index (χ3v) is 5.29. The second kappa shape index (κ2) is 11.4. The van der Waals surface area contributed by atoms with Crippen molar-refractivity contribution in [3.8, 4) is 5.75 Å². The number of anilines is 2. The Morgan fingerprint density at radius 2 is 1.05 bits per heavy atom. The highest BCUT2D eigenvalue weighted by Gasteiger charge is 2.19. The molecule has 0 aliphatic heterocycles. The molecule has 3 aromatic rings. The highest BCUT2D eigenvalue weighted by atomic mass is 16.6. The molecule has 0 heterocycles. The van der Waals surface area contributed by atoms with Crippen LogP contribution in [0.5, 0.6) is 5.75 Å². The van der Waals surface area contributed by atoms with Gasteiger partial charge in [0.25, 0.3) is 0 Å². The maximum absolute atomic E-state index is 12.1. The molecule has 0 fully saturated rings. The van der Waals surface area contributed by atoms with E-state index in [2.05, 4.69) is 10.6 Å². The van der Waals surface area contributed by atoms with E-state index in [0.717, 1.165) is 16.7 Å². The van der Waals surface area contributed by atoms with E-state index in [4.69, 9.17) is 9.47 Å². The summed E-state index contributed by atoms with van der Waals surface area (Å²) in [5, 5.41) is 15.2. The molecule has 0 bridgehead atoms. The molecule has 0 atom stereocenters. The third kappa shape index (κ3) is 9.18. The first-order chi connectivity index (χ1) is 17.3. The van der Waals surface area contributed by atoms with Crippen LogP contribution in [0.2, 0.25) is 0 Å². The van der Waals surface area contributed by atoms with Crippen molar-refractivity contribution in [3.63, 3.8) is 0 Å². The van der Waals surface area contributed by atoms with E-state index in [0.29, 0.717) is 17.8 Å². The van der Waals surface area contributed by atoms with Crippen LogP contribution in [0, 0.1) is 0 Å². The first-order valence-electron chi connectivity index (χ1n) is 12.3. The second-order valence-corrected chi connectivity index (χ2v) is 10.9. The van der Waals surface area contributed by atoms with Gasteiger partial charge in [0.15, 0.2) is 0 Å². The molecule has 3 N–H and O–H groups in total. The lowest BCUT2D eigenvalue weighted by atomic mass is 9.86. The zero-order chi connectivity index (χ0) is 27.2. The molecule has 37 heavy (non-hydrogen) atoms. The first kappa shape index (κ1) is 27.6. The fourth-order valence-electron chi connectivity index (χ4n) is 3.74. The lowest BCUT2D eigenvalue weighted by Crippen LogP contribution is -2.27. The molecule has 0 aliphatic carbocycles. The Balaban J connectivity index is 1.81. The number of phenols is 1. The highest BCUT2D eigenvalue weighted by molar-refractivity contribution is 5.85. The standard InChI is InChI=1S/C30H36N2O5/c1-29(2,3)36-27(34)31-23-13-9-21(10-14-23)26(19-20-7-17-25(33)18-8-20)22-11-15-24(16-12-22)32-28(35)37-30(4,5)6/h7-18,26,33H,19H2,1-6H3,(H,31,34)(H,32,35). The zero-order valence-electron chi connectivity index (χ0n) is 22.3. The van der Waals surface area contributed by atoms with Crippen LogP contribution in [0.4, 0.5) is 21.0 Å². The van der Waals surface area contributed by atoms with Crippen molar-refractivity contribution in [2.75, 3.05) is 10.6 Å². The number of carbonyl (C=O) groups excluding carboxylic acids is 2. The molecule has 196 valence electrons. The minimum Gasteiger partial charge on any atom is -0.508 e. The Morgan fingerprint density at radius 3 is 1.41 bits per heavy atom. The van der Waals surface area contributed by atoms with Gasteiger partial charge < -0.3 is 14.6 Å². The van der Waals surface area contributed by atoms with Crippen LogP contribution in [-0.4, -0.2) is 28.5 Å². The van der Waals surface area contributed by atoms with E-state index >= 15 is 0 Å². The highest BCUT2D eigenvalue weighted by Crippen LogP contribution is 2.31. The van der Waals surface area contributed by atoms with Crippen molar-refractivity contribution in [1.29, 1.82) is 0 Å². The van der Waals surface area contributed by atoms with E-state index < -0.39 is 23.4 Å². The number of benzene rings is 3. The van der Waals surface area contributed by atoms with Crippen LogP contribution in [-0.2, 0) is 15.9 Å². The minimum absolute atomic E-state index is 0.00398. The van der Waals surface area contributed by atoms with Gasteiger partial charge in [-0.05, 0) is 101 Å². The van der Waals surface area contributed by atoms with Gasteiger partial charge in [-0.2, -0.15) is 0 Å². The average Bonchev–Trinajstić information content (AvgIpc) is 2.77. The SMILES string of the molecule is CC(C)(C)OC(=O)Nc1ccc(C(Cc2ccc(O)cc2)c2ccc(NC(=O)OC(C)(C)C)cc2)cc1. The number of hydrogen-bond acceptors (Lipinski definition) is 5. The molecular formula is C30H36N2O5. The lowest BCUT2D eigenvalue weighted by Gasteiger charge is -2.21. The molecule has 0 spiro atoms. The largest absolute Gasteiger partial charge is 0.508 e. The van der Waals surface area contributed by atoms with E-state index in [1.165, 1.54) is 0 Å². The predicted molar refractivity (Wildman–Crippen MR) is 146 cm³/mol. The van der Waals surface area contributed by atoms with E-state index in [1.54, 1.807) is 12.1 Å². The molecule has 3 aromatic carbocycles. The number of carbonyl (C=O) groups is 2. The second-order valence-electron chi connectivity index (χ2n) is 10.9. The summed E-state index contributed by atoms with van der Waals surface area (Å²) < 4.78 is 10.7. The minimum atomic E-state index is -0.580. The molecule has 0 unspecified atom stereocenters. The average molecular weight is 505 g/mol. The van der Waals surface area contributed by atoms with Crippen molar-refractivity contribution in [3.05, 3.63) is 89.5 Å². The van der Waals surface area contributed by atoms with E-state index in [1.807, 2.05) is 102 Å². The van der Waals surface area contributed by atoms with Crippen LogP contribution in [0.1, 0.15) is 64.2 Å². The predicted octanol–water partition coefficient (Wildman–Crippen LogP) is 7.46. The van der Waals surface area contributed by atoms with E-state index in [9.17, 15) is 14.7 Å². The first-order valence-corrected chi connectivity index (χ1v) is 12.3. The fraction of sp³-hybridized carbons (Fsp3) is 0.333. The molecule has 0 saturated heterocycles. The molecule has 0 saturated carbocycles. The summed E-state index contributed by atoms with van der Waals surface area (Å²) >= 11 is 0. The van der Waals surface area contributed by atoms with Crippen molar-refractivity contribution in [2.45, 2.75) is 65.1 Å². The zero-order valence-corrected chi connectivity index (χ0v) is 22.3. The maximum Gasteiger partial charge on any atom is 0.412 e. The van der Waals surface area contributed by atoms with Crippen LogP contribution < -0.4 is 10.6 Å². The van der Waals surface area contributed by atoms with Gasteiger partial charge in [-0.25, -0.2) is 9.59 Å². The van der Waals surface area contributed by atoms with Gasteiger partial charge >= 0.3 is 12.2 Å². The molecular weight excluding hydrogens is 468 g/mol. The number of amides is 2. The molecule has 0 radical (unpaired) electrons. The monoisotopic (exact) mass is 504 g/mol. The Morgan fingerprint density at radius 1 is 0.676 bits per heavy atom. The van der Waals surface area contributed by atoms with Crippen molar-refractivity contribution < 1.29 is 24.2 Å². The van der Waals surface area contributed by atoms with Crippen molar-refractivity contribution >= 4 is 23.6 Å².